The summed E-state index contributed by atoms with van der Waals surface area (Å²) in [6.07, 6.45) is 0.905. The third-order valence-electron chi connectivity index (χ3n) is 8.30. The number of rotatable bonds is 12. The quantitative estimate of drug-likeness (QED) is 0.111. The molecule has 0 saturated carbocycles. The average Bonchev–Trinajstić information content (AvgIpc) is 3.40. The second-order valence-electron chi connectivity index (χ2n) is 11.4. The average molecular weight is 604 g/mol. The van der Waals surface area contributed by atoms with Crippen LogP contribution in [0.5, 0.6) is 0 Å². The van der Waals surface area contributed by atoms with E-state index in [2.05, 4.69) is 36.6 Å². The number of pyridine rings is 1. The lowest BCUT2D eigenvalue weighted by atomic mass is 9.65. The molecule has 45 heavy (non-hydrogen) atoms. The van der Waals surface area contributed by atoms with Crippen LogP contribution in [-0.4, -0.2) is 39.7 Å². The molecule has 0 bridgehead atoms. The predicted octanol–water partition coefficient (Wildman–Crippen LogP) is 7.15. The number of nitrogens with zero attached hydrogens (tertiary/aromatic N) is 3. The highest BCUT2D eigenvalue weighted by Gasteiger charge is 2.56. The van der Waals surface area contributed by atoms with E-state index in [1.165, 1.54) is 0 Å². The zero-order valence-corrected chi connectivity index (χ0v) is 26.7. The van der Waals surface area contributed by atoms with Gasteiger partial charge in [-0.15, -0.1) is 0 Å². The van der Waals surface area contributed by atoms with Gasteiger partial charge in [-0.2, -0.15) is 0 Å². The Kier molecular flexibility index (Phi) is 9.77. The Morgan fingerprint density at radius 2 is 1.33 bits per heavy atom. The standard InChI is InChI=1S/C38H41N3O4/c1-6-32-40-34-26(4)23-27(5)39-35(34)41(32)25-29-19-21-31(22-20-29)33(30-17-13-10-14-18-30)38(36(42)44-7-2,37(43)45-8-3)24-28-15-11-9-12-16-28/h9-23,33H,6-8,24-25H2,1-5H3. The molecule has 5 aromatic rings. The molecule has 7 nitrogen and oxygen atoms in total. The second kappa shape index (κ2) is 13.9. The molecule has 0 fully saturated rings. The summed E-state index contributed by atoms with van der Waals surface area (Å²) in [4.78, 5) is 38.1. The van der Waals surface area contributed by atoms with Crippen LogP contribution in [0.15, 0.2) is 91.0 Å². The molecule has 0 saturated heterocycles. The van der Waals surface area contributed by atoms with E-state index in [1.807, 2.05) is 79.7 Å². The lowest BCUT2D eigenvalue weighted by Gasteiger charge is -2.37. The Morgan fingerprint density at radius 3 is 1.91 bits per heavy atom. The summed E-state index contributed by atoms with van der Waals surface area (Å²) in [7, 11) is 0. The fourth-order valence-corrected chi connectivity index (χ4v) is 6.29. The number of fused-ring (bicyclic) bond motifs is 1. The van der Waals surface area contributed by atoms with Gasteiger partial charge in [0.15, 0.2) is 11.1 Å². The summed E-state index contributed by atoms with van der Waals surface area (Å²) in [6.45, 7) is 10.6. The SMILES string of the molecule is CCOC(=O)C(Cc1ccccc1)(C(=O)OCC)C(c1ccccc1)c1ccc(Cn2c(CC)nc3c(C)cc(C)nc32)cc1. The van der Waals surface area contributed by atoms with Crippen molar-refractivity contribution in [3.8, 4) is 0 Å². The lowest BCUT2D eigenvalue weighted by molar-refractivity contribution is -0.173. The molecule has 3 aromatic carbocycles. The van der Waals surface area contributed by atoms with E-state index in [1.54, 1.807) is 13.8 Å². The predicted molar refractivity (Wildman–Crippen MR) is 176 cm³/mol. The molecule has 1 unspecified atom stereocenters. The van der Waals surface area contributed by atoms with E-state index in [4.69, 9.17) is 19.4 Å². The van der Waals surface area contributed by atoms with Crippen molar-refractivity contribution in [2.45, 2.75) is 59.9 Å². The largest absolute Gasteiger partial charge is 0.465 e. The molecule has 0 radical (unpaired) electrons. The van der Waals surface area contributed by atoms with Gasteiger partial charge in [0.1, 0.15) is 11.3 Å². The first-order valence-corrected chi connectivity index (χ1v) is 15.7. The van der Waals surface area contributed by atoms with Crippen LogP contribution >= 0.6 is 0 Å². The number of ether oxygens (including phenoxy) is 2. The molecule has 0 spiro atoms. The molecule has 1 atom stereocenters. The fourth-order valence-electron chi connectivity index (χ4n) is 6.29. The van der Waals surface area contributed by atoms with E-state index in [9.17, 15) is 9.59 Å². The molecular weight excluding hydrogens is 562 g/mol. The van der Waals surface area contributed by atoms with Gasteiger partial charge in [-0.05, 0) is 61.6 Å². The maximum absolute atomic E-state index is 14.2. The van der Waals surface area contributed by atoms with Gasteiger partial charge in [0.05, 0.1) is 19.8 Å². The maximum Gasteiger partial charge on any atom is 0.324 e. The van der Waals surface area contributed by atoms with Crippen LogP contribution < -0.4 is 0 Å². The summed E-state index contributed by atoms with van der Waals surface area (Å²) < 4.78 is 13.6. The Morgan fingerprint density at radius 1 is 0.756 bits per heavy atom. The van der Waals surface area contributed by atoms with Crippen molar-refractivity contribution >= 4 is 23.1 Å². The van der Waals surface area contributed by atoms with Crippen LogP contribution in [-0.2, 0) is 38.4 Å². The molecule has 5 rings (SSSR count). The minimum Gasteiger partial charge on any atom is -0.465 e. The lowest BCUT2D eigenvalue weighted by Crippen LogP contribution is -2.49. The molecule has 0 aliphatic carbocycles. The van der Waals surface area contributed by atoms with Crippen molar-refractivity contribution in [1.29, 1.82) is 0 Å². The van der Waals surface area contributed by atoms with Crippen molar-refractivity contribution in [3.05, 3.63) is 130 Å². The number of benzene rings is 3. The number of esters is 2. The van der Waals surface area contributed by atoms with Gasteiger partial charge in [-0.3, -0.25) is 9.59 Å². The summed E-state index contributed by atoms with van der Waals surface area (Å²) in [6, 6.07) is 29.5. The number of carbonyl (C=O) groups is 2. The van der Waals surface area contributed by atoms with E-state index < -0.39 is 23.3 Å². The van der Waals surface area contributed by atoms with Gasteiger partial charge in [-0.25, -0.2) is 9.97 Å². The highest BCUT2D eigenvalue weighted by molar-refractivity contribution is 6.02. The molecule has 7 heteroatoms. The summed E-state index contributed by atoms with van der Waals surface area (Å²) in [5.74, 6) is -0.888. The molecule has 2 heterocycles. The summed E-state index contributed by atoms with van der Waals surface area (Å²) in [5, 5.41) is 0. The minimum atomic E-state index is -1.66. The highest BCUT2D eigenvalue weighted by Crippen LogP contribution is 2.46. The van der Waals surface area contributed by atoms with E-state index in [0.29, 0.717) is 6.54 Å². The van der Waals surface area contributed by atoms with Crippen LogP contribution in [0.4, 0.5) is 0 Å². The maximum atomic E-state index is 14.2. The van der Waals surface area contributed by atoms with Crippen LogP contribution in [0.1, 0.15) is 66.0 Å². The number of carbonyl (C=O) groups excluding carboxylic acids is 2. The third kappa shape index (κ3) is 6.39. The number of aryl methyl sites for hydroxylation is 3. The second-order valence-corrected chi connectivity index (χ2v) is 11.4. The Balaban J connectivity index is 1.64. The first-order chi connectivity index (χ1) is 21.8. The zero-order valence-electron chi connectivity index (χ0n) is 26.7. The van der Waals surface area contributed by atoms with Gasteiger partial charge < -0.3 is 14.0 Å². The fraction of sp³-hybridized carbons (Fsp3) is 0.316. The van der Waals surface area contributed by atoms with Crippen molar-refractivity contribution in [2.75, 3.05) is 13.2 Å². The normalized spacial score (nSPS) is 12.2. The van der Waals surface area contributed by atoms with Crippen LogP contribution in [0.25, 0.3) is 11.2 Å². The number of hydrogen-bond acceptors (Lipinski definition) is 6. The van der Waals surface area contributed by atoms with Gasteiger partial charge >= 0.3 is 11.9 Å². The molecule has 2 aromatic heterocycles. The Hall–Kier alpha value is -4.78. The third-order valence-corrected chi connectivity index (χ3v) is 8.30. The van der Waals surface area contributed by atoms with E-state index >= 15 is 0 Å². The molecule has 0 N–H and O–H groups in total. The van der Waals surface area contributed by atoms with Gasteiger partial charge in [0.25, 0.3) is 0 Å². The van der Waals surface area contributed by atoms with E-state index in [-0.39, 0.29) is 19.6 Å². The number of hydrogen-bond donors (Lipinski definition) is 0. The Labute approximate surface area is 265 Å². The zero-order chi connectivity index (χ0) is 32.0. The minimum absolute atomic E-state index is 0.123. The highest BCUT2D eigenvalue weighted by atomic mass is 16.6. The van der Waals surface area contributed by atoms with Crippen LogP contribution in [0, 0.1) is 19.3 Å². The molecule has 232 valence electrons. The monoisotopic (exact) mass is 603 g/mol. The van der Waals surface area contributed by atoms with Crippen molar-refractivity contribution < 1.29 is 19.1 Å². The van der Waals surface area contributed by atoms with Crippen molar-refractivity contribution in [1.82, 2.24) is 14.5 Å². The topological polar surface area (TPSA) is 83.3 Å². The summed E-state index contributed by atoms with van der Waals surface area (Å²) >= 11 is 0. The van der Waals surface area contributed by atoms with Gasteiger partial charge in [-0.1, -0.05) is 91.9 Å². The molecular formula is C38H41N3O4. The first kappa shape index (κ1) is 31.6. The summed E-state index contributed by atoms with van der Waals surface area (Å²) in [5.41, 5.74) is 5.75. The van der Waals surface area contributed by atoms with Crippen LogP contribution in [0.3, 0.4) is 0 Å². The smallest absolute Gasteiger partial charge is 0.324 e. The van der Waals surface area contributed by atoms with Gasteiger partial charge in [0, 0.05) is 24.5 Å². The number of imidazole rings is 1. The molecule has 0 amide bonds. The van der Waals surface area contributed by atoms with Crippen molar-refractivity contribution in [3.63, 3.8) is 0 Å². The number of aromatic nitrogens is 3. The van der Waals surface area contributed by atoms with Crippen molar-refractivity contribution in [2.24, 2.45) is 5.41 Å². The molecule has 0 aliphatic rings. The molecule has 0 aliphatic heterocycles. The van der Waals surface area contributed by atoms with Crippen LogP contribution in [0.2, 0.25) is 0 Å². The van der Waals surface area contributed by atoms with Gasteiger partial charge in [0.2, 0.25) is 0 Å². The Bertz CT molecular complexity index is 1740. The van der Waals surface area contributed by atoms with E-state index in [0.717, 1.165) is 56.9 Å². The first-order valence-electron chi connectivity index (χ1n) is 15.7.